The highest BCUT2D eigenvalue weighted by atomic mass is 16.4. The van der Waals surface area contributed by atoms with Gasteiger partial charge in [-0.2, -0.15) is 0 Å². The van der Waals surface area contributed by atoms with Gasteiger partial charge in [-0.15, -0.1) is 0 Å². The van der Waals surface area contributed by atoms with Crippen LogP contribution in [0.2, 0.25) is 0 Å². The van der Waals surface area contributed by atoms with Crippen molar-refractivity contribution in [2.24, 2.45) is 23.3 Å². The van der Waals surface area contributed by atoms with E-state index in [0.717, 1.165) is 0 Å². The molecule has 4 unspecified atom stereocenters. The average Bonchev–Trinajstić information content (AvgIpc) is 2.70. The number of hydrogen-bond acceptors (Lipinski definition) is 7. The molecule has 0 radical (unpaired) electrons. The summed E-state index contributed by atoms with van der Waals surface area (Å²) in [5.41, 5.74) is 11.0. The Morgan fingerprint density at radius 3 is 1.74 bits per heavy atom. The second-order valence-electron chi connectivity index (χ2n) is 8.86. The van der Waals surface area contributed by atoms with E-state index in [9.17, 15) is 33.9 Å². The molecule has 0 aliphatic carbocycles. The van der Waals surface area contributed by atoms with Crippen LogP contribution in [-0.4, -0.2) is 69.9 Å². The average molecular weight is 488 g/mol. The van der Waals surface area contributed by atoms with Crippen LogP contribution in [-0.2, 0) is 28.8 Å². The third-order valence-electron chi connectivity index (χ3n) is 4.88. The molecule has 0 fully saturated rings. The van der Waals surface area contributed by atoms with Gasteiger partial charge in [0.25, 0.3) is 0 Å². The van der Waals surface area contributed by atoms with E-state index in [-0.39, 0.29) is 25.2 Å². The third kappa shape index (κ3) is 12.1. The number of carbonyl (C=O) groups excluding carboxylic acids is 4. The van der Waals surface area contributed by atoms with E-state index in [1.807, 2.05) is 13.8 Å². The van der Waals surface area contributed by atoms with E-state index >= 15 is 0 Å². The van der Waals surface area contributed by atoms with Gasteiger partial charge >= 0.3 is 11.9 Å². The Hall–Kier alpha value is -3.22. The molecule has 0 saturated carbocycles. The molecule has 0 aliphatic rings. The second-order valence-corrected chi connectivity index (χ2v) is 8.86. The number of carbonyl (C=O) groups is 6. The van der Waals surface area contributed by atoms with Gasteiger partial charge in [0.2, 0.25) is 23.6 Å². The highest BCUT2D eigenvalue weighted by molar-refractivity contribution is 5.94. The minimum Gasteiger partial charge on any atom is -0.481 e. The van der Waals surface area contributed by atoms with Crippen molar-refractivity contribution in [2.45, 2.75) is 84.0 Å². The Kier molecular flexibility index (Phi) is 13.4. The normalized spacial score (nSPS) is 14.6. The van der Waals surface area contributed by atoms with Gasteiger partial charge in [-0.05, 0) is 31.1 Å². The van der Waals surface area contributed by atoms with Crippen LogP contribution >= 0.6 is 0 Å². The van der Waals surface area contributed by atoms with Crippen LogP contribution in [0.4, 0.5) is 0 Å². The van der Waals surface area contributed by atoms with Crippen molar-refractivity contribution in [3.8, 4) is 0 Å². The smallest absolute Gasteiger partial charge is 0.326 e. The van der Waals surface area contributed by atoms with Crippen LogP contribution in [0.5, 0.6) is 0 Å². The fourth-order valence-electron chi connectivity index (χ4n) is 3.02. The Balaban J connectivity index is 5.48. The Morgan fingerprint density at radius 2 is 1.29 bits per heavy atom. The zero-order chi connectivity index (χ0) is 26.6. The monoisotopic (exact) mass is 487 g/mol. The summed E-state index contributed by atoms with van der Waals surface area (Å²) in [6, 6.07) is -4.77. The van der Waals surface area contributed by atoms with E-state index in [4.69, 9.17) is 16.6 Å². The first-order valence-corrected chi connectivity index (χ1v) is 11.0. The molecule has 13 nitrogen and oxygen atoms in total. The number of carboxylic acids is 2. The van der Waals surface area contributed by atoms with Crippen molar-refractivity contribution < 1.29 is 39.0 Å². The molecule has 4 amide bonds. The molecule has 13 heteroatoms. The molecule has 0 aromatic rings. The van der Waals surface area contributed by atoms with Gasteiger partial charge in [-0.1, -0.05) is 27.7 Å². The lowest BCUT2D eigenvalue weighted by atomic mass is 10.0. The highest BCUT2D eigenvalue weighted by Crippen LogP contribution is 2.08. The summed E-state index contributed by atoms with van der Waals surface area (Å²) in [6.45, 7) is 6.95. The zero-order valence-electron chi connectivity index (χ0n) is 20.0. The van der Waals surface area contributed by atoms with Gasteiger partial charge in [0, 0.05) is 12.8 Å². The molecule has 0 aliphatic heterocycles. The van der Waals surface area contributed by atoms with Crippen LogP contribution < -0.4 is 27.4 Å². The van der Waals surface area contributed by atoms with Gasteiger partial charge in [-0.3, -0.25) is 24.0 Å². The SMILES string of the molecule is CC(C)CC(N)C(=O)NC(CCC(N)=O)C(=O)NC(C(=O)NC(CCC(=O)O)C(=O)O)C(C)C. The minimum absolute atomic E-state index is 0.121. The number of nitrogens with two attached hydrogens (primary N) is 2. The van der Waals surface area contributed by atoms with Crippen LogP contribution in [0.25, 0.3) is 0 Å². The van der Waals surface area contributed by atoms with Crippen molar-refractivity contribution in [3.63, 3.8) is 0 Å². The van der Waals surface area contributed by atoms with E-state index in [1.165, 1.54) is 0 Å². The van der Waals surface area contributed by atoms with E-state index in [0.29, 0.717) is 6.42 Å². The fraction of sp³-hybridized carbons (Fsp3) is 0.714. The number of hydrogen-bond donors (Lipinski definition) is 7. The topological polar surface area (TPSA) is 231 Å². The zero-order valence-corrected chi connectivity index (χ0v) is 20.0. The molecule has 9 N–H and O–H groups in total. The molecule has 4 atom stereocenters. The molecule has 0 aromatic carbocycles. The maximum absolute atomic E-state index is 12.9. The summed E-state index contributed by atoms with van der Waals surface area (Å²) in [5.74, 6) is -5.94. The Bertz CT molecular complexity index is 755. The lowest BCUT2D eigenvalue weighted by Gasteiger charge is -2.27. The van der Waals surface area contributed by atoms with Crippen LogP contribution in [0.1, 0.15) is 59.8 Å². The highest BCUT2D eigenvalue weighted by Gasteiger charge is 2.32. The Labute approximate surface area is 198 Å². The molecule has 0 rings (SSSR count). The summed E-state index contributed by atoms with van der Waals surface area (Å²) >= 11 is 0. The quantitative estimate of drug-likeness (QED) is 0.137. The van der Waals surface area contributed by atoms with Crippen molar-refractivity contribution >= 4 is 35.6 Å². The number of amides is 4. The maximum Gasteiger partial charge on any atom is 0.326 e. The number of nitrogens with one attached hydrogen (secondary N) is 3. The number of carboxylic acid groups (broad SMARTS) is 2. The lowest BCUT2D eigenvalue weighted by Crippen LogP contribution is -2.58. The lowest BCUT2D eigenvalue weighted by molar-refractivity contribution is -0.143. The number of rotatable bonds is 16. The summed E-state index contributed by atoms with van der Waals surface area (Å²) in [6.07, 6.45) is -0.815. The van der Waals surface area contributed by atoms with Gasteiger partial charge in [0.15, 0.2) is 0 Å². The molecule has 34 heavy (non-hydrogen) atoms. The molecule has 0 saturated heterocycles. The maximum atomic E-state index is 12.9. The Morgan fingerprint density at radius 1 is 0.765 bits per heavy atom. The first-order valence-electron chi connectivity index (χ1n) is 11.0. The third-order valence-corrected chi connectivity index (χ3v) is 4.88. The first-order chi connectivity index (χ1) is 15.6. The minimum atomic E-state index is -1.47. The van der Waals surface area contributed by atoms with Crippen molar-refractivity contribution in [2.75, 3.05) is 0 Å². The van der Waals surface area contributed by atoms with E-state index in [2.05, 4.69) is 16.0 Å². The van der Waals surface area contributed by atoms with Gasteiger partial charge in [-0.25, -0.2) is 4.79 Å². The first kappa shape index (κ1) is 30.8. The molecule has 0 spiro atoms. The standard InChI is InChI=1S/C21H37N5O8/c1-10(2)9-12(22)18(30)24-13(5-7-15(23)27)19(31)26-17(11(3)4)20(32)25-14(21(33)34)6-8-16(28)29/h10-14,17H,5-9,22H2,1-4H3,(H2,23,27)(H,24,30)(H,25,32)(H,26,31)(H,28,29)(H,33,34). The van der Waals surface area contributed by atoms with E-state index in [1.54, 1.807) is 13.8 Å². The molecule has 0 bridgehead atoms. The predicted molar refractivity (Wildman–Crippen MR) is 121 cm³/mol. The van der Waals surface area contributed by atoms with Gasteiger partial charge in [0.05, 0.1) is 6.04 Å². The van der Waals surface area contributed by atoms with Gasteiger partial charge < -0.3 is 37.6 Å². The second kappa shape index (κ2) is 14.8. The van der Waals surface area contributed by atoms with Crippen molar-refractivity contribution in [1.82, 2.24) is 16.0 Å². The molecular formula is C21H37N5O8. The summed E-state index contributed by atoms with van der Waals surface area (Å²) < 4.78 is 0. The molecule has 194 valence electrons. The number of aliphatic carboxylic acids is 2. The summed E-state index contributed by atoms with van der Waals surface area (Å²) in [4.78, 5) is 71.4. The summed E-state index contributed by atoms with van der Waals surface area (Å²) in [5, 5.41) is 25.2. The van der Waals surface area contributed by atoms with Crippen LogP contribution in [0, 0.1) is 11.8 Å². The fourth-order valence-corrected chi connectivity index (χ4v) is 3.02. The van der Waals surface area contributed by atoms with Crippen LogP contribution in [0.3, 0.4) is 0 Å². The van der Waals surface area contributed by atoms with E-state index < -0.39 is 72.1 Å². The van der Waals surface area contributed by atoms with Crippen molar-refractivity contribution in [3.05, 3.63) is 0 Å². The predicted octanol–water partition coefficient (Wildman–Crippen LogP) is -1.31. The molecule has 0 aromatic heterocycles. The largest absolute Gasteiger partial charge is 0.481 e. The summed E-state index contributed by atoms with van der Waals surface area (Å²) in [7, 11) is 0. The number of primary amides is 1. The molecule has 0 heterocycles. The van der Waals surface area contributed by atoms with Crippen molar-refractivity contribution in [1.29, 1.82) is 0 Å². The molecular weight excluding hydrogens is 450 g/mol. The van der Waals surface area contributed by atoms with Crippen LogP contribution in [0.15, 0.2) is 0 Å². The van der Waals surface area contributed by atoms with Gasteiger partial charge in [0.1, 0.15) is 18.1 Å².